The molecule has 9 heteroatoms. The van der Waals surface area contributed by atoms with E-state index in [1.165, 1.54) is 17.0 Å². The summed E-state index contributed by atoms with van der Waals surface area (Å²) in [6.45, 7) is 8.27. The van der Waals surface area contributed by atoms with E-state index >= 15 is 0 Å². The van der Waals surface area contributed by atoms with Crippen molar-refractivity contribution in [2.75, 3.05) is 63.2 Å². The van der Waals surface area contributed by atoms with Gasteiger partial charge in [-0.3, -0.25) is 14.8 Å². The Morgan fingerprint density at radius 3 is 2.58 bits per heavy atom. The highest BCUT2D eigenvalue weighted by Crippen LogP contribution is 2.31. The molecule has 0 spiro atoms. The maximum Gasteiger partial charge on any atom is 0.282 e. The van der Waals surface area contributed by atoms with Crippen LogP contribution in [0.1, 0.15) is 33.2 Å². The number of likely N-dealkylation sites (N-methyl/N-ethyl adjacent to an activating group) is 1. The van der Waals surface area contributed by atoms with Crippen molar-refractivity contribution in [2.45, 2.75) is 19.8 Å². The minimum absolute atomic E-state index is 0.0548. The van der Waals surface area contributed by atoms with Gasteiger partial charge in [0.25, 0.3) is 5.91 Å². The molecule has 5 heterocycles. The lowest BCUT2D eigenvalue weighted by Crippen LogP contribution is -2.44. The molecule has 0 bridgehead atoms. The number of aromatic nitrogens is 2. The van der Waals surface area contributed by atoms with E-state index in [-0.39, 0.29) is 5.91 Å². The Bertz CT molecular complexity index is 987. The van der Waals surface area contributed by atoms with Crippen LogP contribution in [0.25, 0.3) is 0 Å². The Morgan fingerprint density at radius 1 is 1.10 bits per heavy atom. The number of carbonyl (C=O) groups is 1. The summed E-state index contributed by atoms with van der Waals surface area (Å²) in [7, 11) is 2.17. The van der Waals surface area contributed by atoms with E-state index in [2.05, 4.69) is 33.2 Å². The maximum atomic E-state index is 12.7. The van der Waals surface area contributed by atoms with Crippen LogP contribution in [-0.4, -0.2) is 84.4 Å². The lowest BCUT2D eigenvalue weighted by atomic mass is 9.89. The fourth-order valence-corrected chi connectivity index (χ4v) is 5.31. The lowest BCUT2D eigenvalue weighted by Gasteiger charge is -2.35. The molecule has 164 valence electrons. The summed E-state index contributed by atoms with van der Waals surface area (Å²) in [6, 6.07) is 2.23. The van der Waals surface area contributed by atoms with E-state index < -0.39 is 0 Å². The molecule has 0 radical (unpaired) electrons. The summed E-state index contributed by atoms with van der Waals surface area (Å²) in [6.07, 6.45) is 5.59. The standard InChI is InChI=1S/C22H29N7OS/c1-15-12-24-21(31-15)22(30)29-5-3-16(4-6-29)19-20-18(25-14-26-19)11-17(13-23-20)28-9-7-27(2)8-10-28/h11-13,16,25H,3-10,14H2,1-2H3. The normalized spacial score (nSPS) is 20.3. The second-order valence-electron chi connectivity index (χ2n) is 8.60. The predicted molar refractivity (Wildman–Crippen MR) is 124 cm³/mol. The van der Waals surface area contributed by atoms with Gasteiger partial charge in [-0.15, -0.1) is 11.3 Å². The van der Waals surface area contributed by atoms with Crippen LogP contribution in [0.5, 0.6) is 0 Å². The number of anilines is 2. The lowest BCUT2D eigenvalue weighted by molar-refractivity contribution is 0.0709. The topological polar surface area (TPSA) is 77.0 Å². The first-order valence-corrected chi connectivity index (χ1v) is 11.8. The monoisotopic (exact) mass is 439 g/mol. The van der Waals surface area contributed by atoms with Crippen molar-refractivity contribution >= 4 is 34.3 Å². The van der Waals surface area contributed by atoms with Crippen molar-refractivity contribution in [3.8, 4) is 0 Å². The summed E-state index contributed by atoms with van der Waals surface area (Å²) >= 11 is 1.47. The highest BCUT2D eigenvalue weighted by molar-refractivity contribution is 7.13. The van der Waals surface area contributed by atoms with Gasteiger partial charge in [0.1, 0.15) is 12.4 Å². The molecule has 2 saturated heterocycles. The average Bonchev–Trinajstić information content (AvgIpc) is 3.25. The van der Waals surface area contributed by atoms with E-state index in [9.17, 15) is 4.79 Å². The number of aryl methyl sites for hydroxylation is 1. The van der Waals surface area contributed by atoms with Crippen LogP contribution in [0.15, 0.2) is 23.5 Å². The van der Waals surface area contributed by atoms with Crippen molar-refractivity contribution in [2.24, 2.45) is 10.9 Å². The number of hydrogen-bond donors (Lipinski definition) is 1. The molecule has 3 aliphatic heterocycles. The van der Waals surface area contributed by atoms with Crippen LogP contribution in [0, 0.1) is 12.8 Å². The highest BCUT2D eigenvalue weighted by atomic mass is 32.1. The molecule has 31 heavy (non-hydrogen) atoms. The number of fused-ring (bicyclic) bond motifs is 1. The molecule has 2 aromatic rings. The summed E-state index contributed by atoms with van der Waals surface area (Å²) in [5.41, 5.74) is 4.33. The van der Waals surface area contributed by atoms with E-state index in [1.807, 2.05) is 18.0 Å². The molecule has 2 fully saturated rings. The summed E-state index contributed by atoms with van der Waals surface area (Å²) < 4.78 is 0. The van der Waals surface area contributed by atoms with Gasteiger partial charge in [0, 0.05) is 56.3 Å². The van der Waals surface area contributed by atoms with Crippen molar-refractivity contribution in [3.63, 3.8) is 0 Å². The van der Waals surface area contributed by atoms with Gasteiger partial charge in [0.2, 0.25) is 0 Å². The van der Waals surface area contributed by atoms with Gasteiger partial charge in [0.15, 0.2) is 5.01 Å². The van der Waals surface area contributed by atoms with Gasteiger partial charge >= 0.3 is 0 Å². The second kappa shape index (κ2) is 8.55. The van der Waals surface area contributed by atoms with E-state index in [1.54, 1.807) is 6.20 Å². The Balaban J connectivity index is 1.26. The molecular weight excluding hydrogens is 410 g/mol. The third kappa shape index (κ3) is 4.16. The van der Waals surface area contributed by atoms with E-state index in [0.29, 0.717) is 17.6 Å². The number of pyridine rings is 1. The van der Waals surface area contributed by atoms with Gasteiger partial charge in [-0.25, -0.2) is 4.98 Å². The van der Waals surface area contributed by atoms with Gasteiger partial charge < -0.3 is 20.0 Å². The van der Waals surface area contributed by atoms with Crippen molar-refractivity contribution in [1.82, 2.24) is 19.8 Å². The number of thiazole rings is 1. The number of rotatable bonds is 3. The summed E-state index contributed by atoms with van der Waals surface area (Å²) in [5, 5.41) is 4.01. The molecule has 0 aromatic carbocycles. The minimum Gasteiger partial charge on any atom is -0.368 e. The molecule has 0 saturated carbocycles. The Morgan fingerprint density at radius 2 is 1.87 bits per heavy atom. The average molecular weight is 440 g/mol. The minimum atomic E-state index is 0.0548. The van der Waals surface area contributed by atoms with Crippen molar-refractivity contribution < 1.29 is 4.79 Å². The zero-order valence-electron chi connectivity index (χ0n) is 18.2. The SMILES string of the molecule is Cc1cnc(C(=O)N2CCC(C3=NCNc4cc(N5CCN(C)CC5)cnc43)CC2)s1. The van der Waals surface area contributed by atoms with Crippen LogP contribution >= 0.6 is 11.3 Å². The highest BCUT2D eigenvalue weighted by Gasteiger charge is 2.31. The van der Waals surface area contributed by atoms with Gasteiger partial charge in [-0.1, -0.05) is 0 Å². The molecule has 2 aromatic heterocycles. The quantitative estimate of drug-likeness (QED) is 0.791. The van der Waals surface area contributed by atoms with E-state index in [4.69, 9.17) is 9.98 Å². The molecule has 0 atom stereocenters. The molecule has 0 unspecified atom stereocenters. The third-order valence-corrected chi connectivity index (χ3v) is 7.38. The molecule has 1 amide bonds. The van der Waals surface area contributed by atoms with Gasteiger partial charge in [-0.05, 0) is 32.9 Å². The Kier molecular flexibility index (Phi) is 5.62. The van der Waals surface area contributed by atoms with Crippen LogP contribution in [0.4, 0.5) is 11.4 Å². The fourth-order valence-electron chi connectivity index (χ4n) is 4.58. The number of likely N-dealkylation sites (tertiary alicyclic amines) is 1. The number of hydrogen-bond acceptors (Lipinski definition) is 8. The zero-order valence-corrected chi connectivity index (χ0v) is 19.0. The van der Waals surface area contributed by atoms with E-state index in [0.717, 1.165) is 74.1 Å². The zero-order chi connectivity index (χ0) is 21.4. The first-order chi connectivity index (χ1) is 15.1. The number of amides is 1. The summed E-state index contributed by atoms with van der Waals surface area (Å²) in [5.74, 6) is 0.393. The van der Waals surface area contributed by atoms with Crippen molar-refractivity contribution in [3.05, 3.63) is 34.0 Å². The van der Waals surface area contributed by atoms with Crippen molar-refractivity contribution in [1.29, 1.82) is 0 Å². The first kappa shape index (κ1) is 20.4. The largest absolute Gasteiger partial charge is 0.368 e. The third-order valence-electron chi connectivity index (χ3n) is 6.48. The number of aliphatic imine (C=N–C) groups is 1. The molecule has 0 aliphatic carbocycles. The smallest absolute Gasteiger partial charge is 0.282 e. The predicted octanol–water partition coefficient (Wildman–Crippen LogP) is 2.32. The number of nitrogens with zero attached hydrogens (tertiary/aromatic N) is 6. The first-order valence-electron chi connectivity index (χ1n) is 11.0. The fraction of sp³-hybridized carbons (Fsp3) is 0.545. The molecule has 5 rings (SSSR count). The molecule has 8 nitrogen and oxygen atoms in total. The number of piperidine rings is 1. The van der Waals surface area contributed by atoms with Crippen LogP contribution in [0.3, 0.4) is 0 Å². The molecular formula is C22H29N7OS. The van der Waals surface area contributed by atoms with Crippen LogP contribution in [-0.2, 0) is 0 Å². The molecule has 1 N–H and O–H groups in total. The second-order valence-corrected chi connectivity index (χ2v) is 9.84. The number of nitrogens with one attached hydrogen (secondary N) is 1. The Labute approximate surface area is 187 Å². The maximum absolute atomic E-state index is 12.7. The molecule has 3 aliphatic rings. The Hall–Kier alpha value is -2.52. The van der Waals surface area contributed by atoms with Crippen LogP contribution < -0.4 is 10.2 Å². The van der Waals surface area contributed by atoms with Gasteiger partial charge in [-0.2, -0.15) is 0 Å². The van der Waals surface area contributed by atoms with Gasteiger partial charge in [0.05, 0.1) is 23.3 Å². The van der Waals surface area contributed by atoms with Crippen LogP contribution in [0.2, 0.25) is 0 Å². The summed E-state index contributed by atoms with van der Waals surface area (Å²) in [4.78, 5) is 34.4. The number of piperazine rings is 1. The number of carbonyl (C=O) groups excluding carboxylic acids is 1.